The third-order valence-electron chi connectivity index (χ3n) is 5.66. The molecule has 7 nitrogen and oxygen atoms in total. The number of amides is 1. The molecular weight excluding hydrogens is 368 g/mol. The Morgan fingerprint density at radius 1 is 1.37 bits per heavy atom. The Kier molecular flexibility index (Phi) is 6.08. The van der Waals surface area contributed by atoms with Gasteiger partial charge in [-0.1, -0.05) is 0 Å². The lowest BCUT2D eigenvalue weighted by atomic mass is 9.73. The number of nitriles is 1. The van der Waals surface area contributed by atoms with Crippen molar-refractivity contribution in [3.8, 4) is 11.9 Å². The van der Waals surface area contributed by atoms with Gasteiger partial charge >= 0.3 is 0 Å². The Hall–Kier alpha value is -2.04. The number of pyridine rings is 1. The molecule has 0 aromatic carbocycles. The number of hydrogen-bond donors (Lipinski definition) is 2. The predicted octanol–water partition coefficient (Wildman–Crippen LogP) is 2.30. The number of nitrogens with one attached hydrogen (secondary N) is 2. The van der Waals surface area contributed by atoms with Crippen molar-refractivity contribution >= 4 is 23.3 Å². The highest BCUT2D eigenvalue weighted by molar-refractivity contribution is 6.21. The van der Waals surface area contributed by atoms with Gasteiger partial charge in [0.25, 0.3) is 0 Å². The van der Waals surface area contributed by atoms with Crippen LogP contribution in [0.3, 0.4) is 0 Å². The molecule has 6 atom stereocenters. The summed E-state index contributed by atoms with van der Waals surface area (Å²) in [5.41, 5.74) is 0.372. The maximum Gasteiger partial charge on any atom is 0.233 e. The van der Waals surface area contributed by atoms with Gasteiger partial charge in [-0.2, -0.15) is 10.2 Å². The molecule has 27 heavy (non-hydrogen) atoms. The first-order valence-electron chi connectivity index (χ1n) is 9.15. The zero-order valence-corrected chi connectivity index (χ0v) is 16.5. The van der Waals surface area contributed by atoms with E-state index in [-0.39, 0.29) is 41.3 Å². The Bertz CT molecular complexity index is 738. The van der Waals surface area contributed by atoms with E-state index in [1.165, 1.54) is 7.11 Å². The number of carbonyl (C=O) groups is 1. The summed E-state index contributed by atoms with van der Waals surface area (Å²) in [7, 11) is 3.14. The molecule has 1 amide bonds. The minimum absolute atomic E-state index is 0.0179. The standard InChI is InChI=1S/C19H25ClN4O3/c1-10(22-17-5-4-11(9-21)19(24-17)27-3)13-6-12-7-14(20)16(26-2)8-15(12)23-18(13)25/h4-5,10,12-16H,6-8H2,1-3H3,(H,22,24)(H,23,25)/t10-,12?,13?,14?,15?,16?/m0/s1. The molecule has 2 aliphatic rings. The molecule has 1 aromatic rings. The molecule has 0 spiro atoms. The fourth-order valence-electron chi connectivity index (χ4n) is 4.13. The highest BCUT2D eigenvalue weighted by atomic mass is 35.5. The van der Waals surface area contributed by atoms with Gasteiger partial charge in [-0.25, -0.2) is 0 Å². The van der Waals surface area contributed by atoms with Crippen molar-refractivity contribution in [3.63, 3.8) is 0 Å². The van der Waals surface area contributed by atoms with Gasteiger partial charge in [0, 0.05) is 19.2 Å². The molecule has 1 aliphatic carbocycles. The van der Waals surface area contributed by atoms with Crippen molar-refractivity contribution < 1.29 is 14.3 Å². The molecule has 1 saturated heterocycles. The summed E-state index contributed by atoms with van der Waals surface area (Å²) in [5, 5.41) is 15.5. The van der Waals surface area contributed by atoms with E-state index < -0.39 is 0 Å². The van der Waals surface area contributed by atoms with Crippen molar-refractivity contribution in [2.24, 2.45) is 11.8 Å². The second-order valence-electron chi connectivity index (χ2n) is 7.28. The predicted molar refractivity (Wildman–Crippen MR) is 102 cm³/mol. The van der Waals surface area contributed by atoms with Gasteiger partial charge in [-0.3, -0.25) is 4.79 Å². The summed E-state index contributed by atoms with van der Waals surface area (Å²) in [5.74, 6) is 1.05. The molecule has 0 radical (unpaired) electrons. The van der Waals surface area contributed by atoms with Crippen LogP contribution in [0.15, 0.2) is 12.1 Å². The maximum absolute atomic E-state index is 12.7. The number of nitrogens with zero attached hydrogens (tertiary/aromatic N) is 2. The molecule has 2 heterocycles. The smallest absolute Gasteiger partial charge is 0.233 e. The van der Waals surface area contributed by atoms with Crippen LogP contribution < -0.4 is 15.4 Å². The van der Waals surface area contributed by atoms with Crippen molar-refractivity contribution in [1.82, 2.24) is 10.3 Å². The highest BCUT2D eigenvalue weighted by Gasteiger charge is 2.44. The Balaban J connectivity index is 1.68. The number of carbonyl (C=O) groups excluding carboxylic acids is 1. The monoisotopic (exact) mass is 392 g/mol. The van der Waals surface area contributed by atoms with Crippen LogP contribution in [0.1, 0.15) is 31.7 Å². The fraction of sp³-hybridized carbons (Fsp3) is 0.632. The highest BCUT2D eigenvalue weighted by Crippen LogP contribution is 2.38. The number of aromatic nitrogens is 1. The largest absolute Gasteiger partial charge is 0.480 e. The number of fused-ring (bicyclic) bond motifs is 1. The Morgan fingerprint density at radius 3 is 2.81 bits per heavy atom. The normalized spacial score (nSPS) is 31.2. The molecule has 1 saturated carbocycles. The quantitative estimate of drug-likeness (QED) is 0.746. The molecule has 2 fully saturated rings. The van der Waals surface area contributed by atoms with Crippen molar-refractivity contribution in [1.29, 1.82) is 5.26 Å². The number of anilines is 1. The van der Waals surface area contributed by atoms with E-state index in [1.807, 2.05) is 13.0 Å². The summed E-state index contributed by atoms with van der Waals surface area (Å²) in [6.07, 6.45) is 2.34. The second-order valence-corrected chi connectivity index (χ2v) is 7.84. The summed E-state index contributed by atoms with van der Waals surface area (Å²) in [6, 6.07) is 5.41. The molecule has 2 N–H and O–H groups in total. The number of ether oxygens (including phenoxy) is 2. The summed E-state index contributed by atoms with van der Waals surface area (Å²) < 4.78 is 10.6. The van der Waals surface area contributed by atoms with Gasteiger partial charge in [0.1, 0.15) is 17.5 Å². The van der Waals surface area contributed by atoms with Gasteiger partial charge in [0.15, 0.2) is 0 Å². The van der Waals surface area contributed by atoms with Crippen LogP contribution in [-0.2, 0) is 9.53 Å². The molecule has 5 unspecified atom stereocenters. The van der Waals surface area contributed by atoms with Crippen molar-refractivity contribution in [2.75, 3.05) is 19.5 Å². The molecule has 3 rings (SSSR count). The van der Waals surface area contributed by atoms with Gasteiger partial charge in [-0.05, 0) is 44.2 Å². The first-order chi connectivity index (χ1) is 13.0. The first kappa shape index (κ1) is 19.7. The van der Waals surface area contributed by atoms with Crippen LogP contribution in [0.5, 0.6) is 5.88 Å². The summed E-state index contributed by atoms with van der Waals surface area (Å²) in [6.45, 7) is 1.97. The van der Waals surface area contributed by atoms with E-state index in [9.17, 15) is 4.79 Å². The molecule has 1 aromatic heterocycles. The van der Waals surface area contributed by atoms with E-state index in [0.717, 1.165) is 19.3 Å². The van der Waals surface area contributed by atoms with Crippen LogP contribution in [-0.4, -0.2) is 48.7 Å². The number of alkyl halides is 1. The average molecular weight is 393 g/mol. The Morgan fingerprint density at radius 2 is 2.15 bits per heavy atom. The summed E-state index contributed by atoms with van der Waals surface area (Å²) in [4.78, 5) is 17.0. The van der Waals surface area contributed by atoms with Crippen LogP contribution in [0.25, 0.3) is 0 Å². The van der Waals surface area contributed by atoms with E-state index >= 15 is 0 Å². The fourth-order valence-corrected chi connectivity index (χ4v) is 4.56. The Labute approximate surface area is 164 Å². The SMILES string of the molecule is COc1nc(N[C@@H](C)C2CC3CC(Cl)C(OC)CC3NC2=O)ccc1C#N. The van der Waals surface area contributed by atoms with Gasteiger partial charge in [0.05, 0.1) is 24.5 Å². The zero-order valence-electron chi connectivity index (χ0n) is 15.7. The van der Waals surface area contributed by atoms with E-state index in [2.05, 4.69) is 15.6 Å². The topological polar surface area (TPSA) is 96.3 Å². The van der Waals surface area contributed by atoms with Crippen LogP contribution in [0, 0.1) is 23.2 Å². The molecular formula is C19H25ClN4O3. The molecule has 8 heteroatoms. The number of halogens is 1. The van der Waals surface area contributed by atoms with Gasteiger partial charge < -0.3 is 20.1 Å². The number of methoxy groups -OCH3 is 2. The van der Waals surface area contributed by atoms with Crippen molar-refractivity contribution in [2.45, 2.75) is 49.8 Å². The third kappa shape index (κ3) is 4.12. The third-order valence-corrected chi connectivity index (χ3v) is 6.12. The first-order valence-corrected chi connectivity index (χ1v) is 9.59. The lowest BCUT2D eigenvalue weighted by molar-refractivity contribution is -0.131. The van der Waals surface area contributed by atoms with E-state index in [4.69, 9.17) is 26.3 Å². The molecule has 1 aliphatic heterocycles. The van der Waals surface area contributed by atoms with E-state index in [1.54, 1.807) is 19.2 Å². The lowest BCUT2D eigenvalue weighted by Crippen LogP contribution is -2.57. The molecule has 0 bridgehead atoms. The zero-order chi connectivity index (χ0) is 19.6. The number of piperidine rings is 1. The van der Waals surface area contributed by atoms with Crippen LogP contribution in [0.4, 0.5) is 5.82 Å². The summed E-state index contributed by atoms with van der Waals surface area (Å²) >= 11 is 6.45. The van der Waals surface area contributed by atoms with Gasteiger partial charge in [-0.15, -0.1) is 11.6 Å². The second kappa shape index (κ2) is 8.32. The van der Waals surface area contributed by atoms with E-state index in [0.29, 0.717) is 17.3 Å². The lowest BCUT2D eigenvalue weighted by Gasteiger charge is -2.44. The minimum Gasteiger partial charge on any atom is -0.480 e. The average Bonchev–Trinajstić information content (AvgIpc) is 2.67. The van der Waals surface area contributed by atoms with Gasteiger partial charge in [0.2, 0.25) is 11.8 Å². The minimum atomic E-state index is -0.183. The maximum atomic E-state index is 12.7. The van der Waals surface area contributed by atoms with Crippen LogP contribution >= 0.6 is 11.6 Å². The number of hydrogen-bond acceptors (Lipinski definition) is 6. The van der Waals surface area contributed by atoms with Crippen molar-refractivity contribution in [3.05, 3.63) is 17.7 Å². The number of rotatable bonds is 5. The molecule has 146 valence electrons. The van der Waals surface area contributed by atoms with Crippen LogP contribution in [0.2, 0.25) is 0 Å².